The Balaban J connectivity index is 0.000000379. The summed E-state index contributed by atoms with van der Waals surface area (Å²) in [6, 6.07) is 17.3. The molecule has 2 rings (SSSR count). The Morgan fingerprint density at radius 1 is 1.00 bits per heavy atom. The molecule has 23 heavy (non-hydrogen) atoms. The summed E-state index contributed by atoms with van der Waals surface area (Å²) < 4.78 is 0. The molecular formula is C21H25ClO. The van der Waals surface area contributed by atoms with Gasteiger partial charge in [-0.3, -0.25) is 4.79 Å². The summed E-state index contributed by atoms with van der Waals surface area (Å²) in [5, 5.41) is 0. The van der Waals surface area contributed by atoms with Gasteiger partial charge >= 0.3 is 0 Å². The average molecular weight is 329 g/mol. The maximum atomic E-state index is 11.8. The lowest BCUT2D eigenvalue weighted by Crippen LogP contribution is -1.92. The van der Waals surface area contributed by atoms with E-state index in [1.807, 2.05) is 67.6 Å². The lowest BCUT2D eigenvalue weighted by atomic mass is 10.1. The number of hydrogen-bond donors (Lipinski definition) is 0. The van der Waals surface area contributed by atoms with Crippen LogP contribution in [-0.2, 0) is 0 Å². The fourth-order valence-corrected chi connectivity index (χ4v) is 2.17. The molecule has 0 saturated carbocycles. The maximum absolute atomic E-state index is 11.8. The molecule has 0 spiro atoms. The van der Waals surface area contributed by atoms with Crippen molar-refractivity contribution in [1.82, 2.24) is 0 Å². The number of halogens is 1. The van der Waals surface area contributed by atoms with Gasteiger partial charge in [-0.1, -0.05) is 80.4 Å². The van der Waals surface area contributed by atoms with E-state index in [9.17, 15) is 4.79 Å². The standard InChI is InChI=1S/C16H14O.C5H11Cl/c1-13-7-5-6-8-14(13)11-12-16(17)15-9-3-2-4-10-15;1-2-3-4-5-6/h2-12H,1H3;2-5H2,1H3. The Labute approximate surface area is 145 Å². The number of carbonyl (C=O) groups is 1. The number of ketones is 1. The molecule has 122 valence electrons. The molecule has 2 aromatic carbocycles. The van der Waals surface area contributed by atoms with Gasteiger partial charge < -0.3 is 0 Å². The molecule has 0 N–H and O–H groups in total. The SMILES string of the molecule is CCCCCCl.Cc1ccccc1C=CC(=O)c1ccccc1. The van der Waals surface area contributed by atoms with Crippen LogP contribution in [0.4, 0.5) is 0 Å². The summed E-state index contributed by atoms with van der Waals surface area (Å²) >= 11 is 5.38. The molecule has 0 aliphatic heterocycles. The lowest BCUT2D eigenvalue weighted by molar-refractivity contribution is 0.104. The van der Waals surface area contributed by atoms with Gasteiger partial charge in [0.2, 0.25) is 0 Å². The third-order valence-electron chi connectivity index (χ3n) is 3.40. The molecule has 0 atom stereocenters. The van der Waals surface area contributed by atoms with Crippen molar-refractivity contribution in [2.45, 2.75) is 33.1 Å². The highest BCUT2D eigenvalue weighted by Gasteiger charge is 1.99. The Hall–Kier alpha value is -1.86. The number of hydrogen-bond acceptors (Lipinski definition) is 1. The minimum absolute atomic E-state index is 0.0360. The molecule has 0 radical (unpaired) electrons. The summed E-state index contributed by atoms with van der Waals surface area (Å²) in [6.07, 6.45) is 7.22. The number of aryl methyl sites for hydroxylation is 1. The zero-order valence-electron chi connectivity index (χ0n) is 14.0. The number of unbranched alkanes of at least 4 members (excludes halogenated alkanes) is 2. The van der Waals surface area contributed by atoms with Crippen molar-refractivity contribution in [2.24, 2.45) is 0 Å². The zero-order chi connectivity index (χ0) is 16.9. The van der Waals surface area contributed by atoms with Crippen molar-refractivity contribution in [3.8, 4) is 0 Å². The fraction of sp³-hybridized carbons (Fsp3) is 0.286. The number of carbonyl (C=O) groups excluding carboxylic acids is 1. The molecule has 0 saturated heterocycles. The predicted molar refractivity (Wildman–Crippen MR) is 101 cm³/mol. The molecule has 0 aliphatic rings. The van der Waals surface area contributed by atoms with E-state index in [1.165, 1.54) is 24.8 Å². The molecule has 2 aromatic rings. The first kappa shape index (κ1) is 19.2. The highest BCUT2D eigenvalue weighted by atomic mass is 35.5. The normalized spacial score (nSPS) is 10.2. The maximum Gasteiger partial charge on any atom is 0.185 e. The summed E-state index contributed by atoms with van der Waals surface area (Å²) in [6.45, 7) is 4.21. The summed E-state index contributed by atoms with van der Waals surface area (Å²) in [4.78, 5) is 11.8. The van der Waals surface area contributed by atoms with E-state index in [4.69, 9.17) is 11.6 Å². The van der Waals surface area contributed by atoms with Gasteiger partial charge in [0.25, 0.3) is 0 Å². The minimum Gasteiger partial charge on any atom is -0.289 e. The molecule has 2 heteroatoms. The molecule has 0 aromatic heterocycles. The third kappa shape index (κ3) is 7.80. The van der Waals surface area contributed by atoms with Crippen molar-refractivity contribution in [3.63, 3.8) is 0 Å². The number of alkyl halides is 1. The quantitative estimate of drug-likeness (QED) is 0.263. The Morgan fingerprint density at radius 3 is 2.22 bits per heavy atom. The Kier molecular flexibility index (Phi) is 9.74. The molecule has 0 fully saturated rings. The van der Waals surface area contributed by atoms with Gasteiger partial charge in [-0.05, 0) is 30.5 Å². The monoisotopic (exact) mass is 328 g/mol. The van der Waals surface area contributed by atoms with E-state index in [0.29, 0.717) is 0 Å². The van der Waals surface area contributed by atoms with Crippen molar-refractivity contribution in [2.75, 3.05) is 5.88 Å². The van der Waals surface area contributed by atoms with Crippen LogP contribution in [0.1, 0.15) is 47.7 Å². The first-order valence-corrected chi connectivity index (χ1v) is 8.61. The third-order valence-corrected chi connectivity index (χ3v) is 3.67. The second-order valence-electron chi connectivity index (χ2n) is 5.32. The predicted octanol–water partition coefficient (Wildman–Crippen LogP) is 6.31. The van der Waals surface area contributed by atoms with Crippen molar-refractivity contribution >= 4 is 23.5 Å². The topological polar surface area (TPSA) is 17.1 Å². The highest BCUT2D eigenvalue weighted by molar-refractivity contribution is 6.17. The van der Waals surface area contributed by atoms with Crippen LogP contribution >= 0.6 is 11.6 Å². The van der Waals surface area contributed by atoms with Crippen LogP contribution in [0, 0.1) is 6.92 Å². The van der Waals surface area contributed by atoms with E-state index in [1.54, 1.807) is 6.08 Å². The molecule has 0 heterocycles. The zero-order valence-corrected chi connectivity index (χ0v) is 14.7. The van der Waals surface area contributed by atoms with Gasteiger partial charge in [0.15, 0.2) is 5.78 Å². The fourth-order valence-electron chi connectivity index (χ4n) is 1.98. The minimum atomic E-state index is 0.0360. The summed E-state index contributed by atoms with van der Waals surface area (Å²) in [7, 11) is 0. The Morgan fingerprint density at radius 2 is 1.65 bits per heavy atom. The second kappa shape index (κ2) is 11.7. The molecule has 1 nitrogen and oxygen atoms in total. The van der Waals surface area contributed by atoms with E-state index in [2.05, 4.69) is 6.92 Å². The molecule has 0 amide bonds. The van der Waals surface area contributed by atoms with Gasteiger partial charge in [-0.25, -0.2) is 0 Å². The largest absolute Gasteiger partial charge is 0.289 e. The first-order chi connectivity index (χ1) is 11.2. The van der Waals surface area contributed by atoms with Crippen molar-refractivity contribution in [3.05, 3.63) is 77.4 Å². The van der Waals surface area contributed by atoms with Crippen molar-refractivity contribution in [1.29, 1.82) is 0 Å². The Bertz CT molecular complexity index is 598. The smallest absolute Gasteiger partial charge is 0.185 e. The molecule has 0 unspecified atom stereocenters. The van der Waals surface area contributed by atoms with Crippen LogP contribution in [0.2, 0.25) is 0 Å². The van der Waals surface area contributed by atoms with Crippen LogP contribution in [0.3, 0.4) is 0 Å². The lowest BCUT2D eigenvalue weighted by Gasteiger charge is -1.98. The van der Waals surface area contributed by atoms with Crippen LogP contribution < -0.4 is 0 Å². The van der Waals surface area contributed by atoms with E-state index in [0.717, 1.165) is 17.0 Å². The van der Waals surface area contributed by atoms with Gasteiger partial charge in [-0.15, -0.1) is 11.6 Å². The van der Waals surface area contributed by atoms with Crippen LogP contribution in [0.25, 0.3) is 6.08 Å². The number of benzene rings is 2. The van der Waals surface area contributed by atoms with Crippen molar-refractivity contribution < 1.29 is 4.79 Å². The van der Waals surface area contributed by atoms with Crippen LogP contribution in [-0.4, -0.2) is 11.7 Å². The van der Waals surface area contributed by atoms with E-state index >= 15 is 0 Å². The van der Waals surface area contributed by atoms with Gasteiger partial charge in [0, 0.05) is 11.4 Å². The van der Waals surface area contributed by atoms with Gasteiger partial charge in [-0.2, -0.15) is 0 Å². The van der Waals surface area contributed by atoms with Crippen LogP contribution in [0.5, 0.6) is 0 Å². The van der Waals surface area contributed by atoms with E-state index < -0.39 is 0 Å². The highest BCUT2D eigenvalue weighted by Crippen LogP contribution is 2.10. The molecule has 0 aliphatic carbocycles. The molecule has 0 bridgehead atoms. The summed E-state index contributed by atoms with van der Waals surface area (Å²) in [5.74, 6) is 0.863. The average Bonchev–Trinajstić information content (AvgIpc) is 2.60. The van der Waals surface area contributed by atoms with Gasteiger partial charge in [0.05, 0.1) is 0 Å². The van der Waals surface area contributed by atoms with Gasteiger partial charge in [0.1, 0.15) is 0 Å². The van der Waals surface area contributed by atoms with Crippen LogP contribution in [0.15, 0.2) is 60.7 Å². The number of allylic oxidation sites excluding steroid dienone is 1. The van der Waals surface area contributed by atoms with E-state index in [-0.39, 0.29) is 5.78 Å². The second-order valence-corrected chi connectivity index (χ2v) is 5.69. The number of rotatable bonds is 6. The molecular weight excluding hydrogens is 304 g/mol. The first-order valence-electron chi connectivity index (χ1n) is 8.08. The summed E-state index contributed by atoms with van der Waals surface area (Å²) in [5.41, 5.74) is 2.97.